The molecule has 0 aliphatic heterocycles. The molecule has 2 aromatic carbocycles. The van der Waals surface area contributed by atoms with Crippen molar-refractivity contribution in [1.29, 1.82) is 0 Å². The summed E-state index contributed by atoms with van der Waals surface area (Å²) < 4.78 is 15.5. The lowest BCUT2D eigenvalue weighted by Crippen LogP contribution is -2.22. The lowest BCUT2D eigenvalue weighted by atomic mass is 10.2. The fourth-order valence-electron chi connectivity index (χ4n) is 2.06. The molecule has 0 aliphatic rings. The van der Waals surface area contributed by atoms with E-state index in [1.54, 1.807) is 50.6 Å². The van der Waals surface area contributed by atoms with Gasteiger partial charge in [-0.2, -0.15) is 0 Å². The van der Waals surface area contributed by atoms with E-state index in [2.05, 4.69) is 10.6 Å². The molecule has 0 radical (unpaired) electrons. The number of benzene rings is 2. The van der Waals surface area contributed by atoms with Gasteiger partial charge in [0.25, 0.3) is 0 Å². The van der Waals surface area contributed by atoms with Crippen LogP contribution in [0.2, 0.25) is 5.02 Å². The summed E-state index contributed by atoms with van der Waals surface area (Å²) in [5.74, 6) is 1.53. The van der Waals surface area contributed by atoms with Gasteiger partial charge in [-0.3, -0.25) is 4.79 Å². The van der Waals surface area contributed by atoms with Crippen molar-refractivity contribution in [1.82, 2.24) is 0 Å². The molecule has 6 nitrogen and oxygen atoms in total. The van der Waals surface area contributed by atoms with Crippen LogP contribution >= 0.6 is 11.6 Å². The zero-order valence-corrected chi connectivity index (χ0v) is 14.4. The van der Waals surface area contributed by atoms with Crippen molar-refractivity contribution in [2.45, 2.75) is 0 Å². The van der Waals surface area contributed by atoms with Gasteiger partial charge in [0, 0.05) is 11.8 Å². The van der Waals surface area contributed by atoms with E-state index in [1.165, 1.54) is 7.11 Å². The molecule has 0 saturated heterocycles. The van der Waals surface area contributed by atoms with Gasteiger partial charge in [-0.05, 0) is 30.3 Å². The third-order valence-electron chi connectivity index (χ3n) is 3.29. The molecule has 0 atom stereocenters. The SMILES string of the molecule is COc1ccc(OC)c(NC(=O)CNc2ccc(OC)c(Cl)c2)c1. The minimum absolute atomic E-state index is 0.0724. The van der Waals surface area contributed by atoms with Gasteiger partial charge < -0.3 is 24.8 Å². The molecule has 1 amide bonds. The van der Waals surface area contributed by atoms with Crippen LogP contribution in [-0.2, 0) is 4.79 Å². The van der Waals surface area contributed by atoms with Crippen molar-refractivity contribution in [2.75, 3.05) is 38.5 Å². The summed E-state index contributed by atoms with van der Waals surface area (Å²) in [6.45, 7) is 0.0724. The molecule has 0 spiro atoms. The number of ether oxygens (including phenoxy) is 3. The molecule has 128 valence electrons. The van der Waals surface area contributed by atoms with Gasteiger partial charge >= 0.3 is 0 Å². The summed E-state index contributed by atoms with van der Waals surface area (Å²) in [5, 5.41) is 6.25. The number of carbonyl (C=O) groups is 1. The monoisotopic (exact) mass is 350 g/mol. The van der Waals surface area contributed by atoms with Crippen LogP contribution in [0.1, 0.15) is 0 Å². The number of hydrogen-bond donors (Lipinski definition) is 2. The summed E-state index contributed by atoms with van der Waals surface area (Å²) in [4.78, 5) is 12.1. The molecule has 2 rings (SSSR count). The minimum Gasteiger partial charge on any atom is -0.497 e. The maximum absolute atomic E-state index is 12.1. The lowest BCUT2D eigenvalue weighted by Gasteiger charge is -2.13. The van der Waals surface area contributed by atoms with Gasteiger partial charge in [0.1, 0.15) is 17.2 Å². The summed E-state index contributed by atoms with van der Waals surface area (Å²) in [6, 6.07) is 10.4. The first-order valence-corrected chi connectivity index (χ1v) is 7.54. The van der Waals surface area contributed by atoms with Crippen LogP contribution in [0.25, 0.3) is 0 Å². The van der Waals surface area contributed by atoms with E-state index in [9.17, 15) is 4.79 Å². The topological polar surface area (TPSA) is 68.8 Å². The molecular weight excluding hydrogens is 332 g/mol. The Morgan fingerprint density at radius 3 is 2.33 bits per heavy atom. The average molecular weight is 351 g/mol. The first-order valence-electron chi connectivity index (χ1n) is 7.16. The van der Waals surface area contributed by atoms with E-state index < -0.39 is 0 Å². The second-order valence-corrected chi connectivity index (χ2v) is 5.22. The van der Waals surface area contributed by atoms with Crippen molar-refractivity contribution in [2.24, 2.45) is 0 Å². The van der Waals surface area contributed by atoms with E-state index in [0.29, 0.717) is 33.6 Å². The van der Waals surface area contributed by atoms with Crippen molar-refractivity contribution in [3.05, 3.63) is 41.4 Å². The minimum atomic E-state index is -0.228. The number of halogens is 1. The standard InChI is InChI=1S/C17H19ClN2O4/c1-22-12-5-7-16(24-3)14(9-12)20-17(21)10-19-11-4-6-15(23-2)13(18)8-11/h4-9,19H,10H2,1-3H3,(H,20,21). The normalized spacial score (nSPS) is 10.0. The van der Waals surface area contributed by atoms with Crippen LogP contribution in [0, 0.1) is 0 Å². The summed E-state index contributed by atoms with van der Waals surface area (Å²) in [7, 11) is 4.64. The predicted molar refractivity (Wildman–Crippen MR) is 94.7 cm³/mol. The zero-order valence-electron chi connectivity index (χ0n) is 13.7. The summed E-state index contributed by atoms with van der Waals surface area (Å²) in [5.41, 5.74) is 1.25. The first-order chi connectivity index (χ1) is 11.6. The van der Waals surface area contributed by atoms with Gasteiger partial charge in [-0.25, -0.2) is 0 Å². The largest absolute Gasteiger partial charge is 0.497 e. The highest BCUT2D eigenvalue weighted by molar-refractivity contribution is 6.32. The van der Waals surface area contributed by atoms with Gasteiger partial charge in [-0.1, -0.05) is 11.6 Å². The molecule has 2 aromatic rings. The van der Waals surface area contributed by atoms with Crippen molar-refractivity contribution in [3.8, 4) is 17.2 Å². The van der Waals surface area contributed by atoms with E-state index in [4.69, 9.17) is 25.8 Å². The Hall–Kier alpha value is -2.60. The lowest BCUT2D eigenvalue weighted by molar-refractivity contribution is -0.114. The highest BCUT2D eigenvalue weighted by Gasteiger charge is 2.09. The van der Waals surface area contributed by atoms with Crippen molar-refractivity contribution < 1.29 is 19.0 Å². The van der Waals surface area contributed by atoms with Gasteiger partial charge in [0.2, 0.25) is 5.91 Å². The van der Waals surface area contributed by atoms with Crippen molar-refractivity contribution >= 4 is 28.9 Å². The third kappa shape index (κ3) is 4.45. The third-order valence-corrected chi connectivity index (χ3v) is 3.58. The molecule has 0 aliphatic carbocycles. The second-order valence-electron chi connectivity index (χ2n) is 4.82. The number of amides is 1. The smallest absolute Gasteiger partial charge is 0.243 e. The van der Waals surface area contributed by atoms with Crippen LogP contribution in [0.5, 0.6) is 17.2 Å². The van der Waals surface area contributed by atoms with Crippen LogP contribution in [0.15, 0.2) is 36.4 Å². The van der Waals surface area contributed by atoms with Crippen LogP contribution in [-0.4, -0.2) is 33.8 Å². The number of hydrogen-bond acceptors (Lipinski definition) is 5. The van der Waals surface area contributed by atoms with E-state index in [1.807, 2.05) is 0 Å². The maximum Gasteiger partial charge on any atom is 0.243 e. The molecular formula is C17H19ClN2O4. The van der Waals surface area contributed by atoms with E-state index in [-0.39, 0.29) is 12.5 Å². The fraction of sp³-hybridized carbons (Fsp3) is 0.235. The number of carbonyl (C=O) groups excluding carboxylic acids is 1. The Bertz CT molecular complexity index is 722. The first kappa shape index (κ1) is 17.7. The molecule has 0 fully saturated rings. The van der Waals surface area contributed by atoms with Crippen LogP contribution in [0.4, 0.5) is 11.4 Å². The number of nitrogens with one attached hydrogen (secondary N) is 2. The predicted octanol–water partition coefficient (Wildman–Crippen LogP) is 3.42. The maximum atomic E-state index is 12.1. The highest BCUT2D eigenvalue weighted by atomic mass is 35.5. The average Bonchev–Trinajstić information content (AvgIpc) is 2.60. The van der Waals surface area contributed by atoms with E-state index in [0.717, 1.165) is 0 Å². The van der Waals surface area contributed by atoms with Gasteiger partial charge in [0.05, 0.1) is 38.6 Å². The number of anilines is 2. The Morgan fingerprint density at radius 2 is 1.71 bits per heavy atom. The summed E-state index contributed by atoms with van der Waals surface area (Å²) >= 11 is 6.05. The fourth-order valence-corrected chi connectivity index (χ4v) is 2.32. The molecule has 0 unspecified atom stereocenters. The molecule has 0 bridgehead atoms. The molecule has 0 aromatic heterocycles. The van der Waals surface area contributed by atoms with Crippen LogP contribution < -0.4 is 24.8 Å². The Balaban J connectivity index is 1.99. The number of methoxy groups -OCH3 is 3. The molecule has 2 N–H and O–H groups in total. The zero-order chi connectivity index (χ0) is 17.5. The molecule has 24 heavy (non-hydrogen) atoms. The van der Waals surface area contributed by atoms with Gasteiger partial charge in [0.15, 0.2) is 0 Å². The van der Waals surface area contributed by atoms with Crippen molar-refractivity contribution in [3.63, 3.8) is 0 Å². The molecule has 7 heteroatoms. The quantitative estimate of drug-likeness (QED) is 0.800. The highest BCUT2D eigenvalue weighted by Crippen LogP contribution is 2.29. The Labute approximate surface area is 145 Å². The van der Waals surface area contributed by atoms with Crippen LogP contribution in [0.3, 0.4) is 0 Å². The Morgan fingerprint density at radius 1 is 1.00 bits per heavy atom. The molecule has 0 saturated carbocycles. The van der Waals surface area contributed by atoms with E-state index >= 15 is 0 Å². The van der Waals surface area contributed by atoms with Gasteiger partial charge in [-0.15, -0.1) is 0 Å². The summed E-state index contributed by atoms with van der Waals surface area (Å²) in [6.07, 6.45) is 0. The number of rotatable bonds is 7. The Kier molecular flexibility index (Phi) is 6.14. The molecule has 0 heterocycles. The second kappa shape index (κ2) is 8.31.